The van der Waals surface area contributed by atoms with Crippen LogP contribution in [0, 0.1) is 17.2 Å². The molecule has 0 N–H and O–H groups in total. The average molecular weight is 393 g/mol. The van der Waals surface area contributed by atoms with E-state index in [0.29, 0.717) is 12.5 Å². The second kappa shape index (κ2) is 7.62. The first-order chi connectivity index (χ1) is 14.0. The van der Waals surface area contributed by atoms with Gasteiger partial charge in [0, 0.05) is 11.8 Å². The summed E-state index contributed by atoms with van der Waals surface area (Å²) in [6, 6.07) is 8.97. The highest BCUT2D eigenvalue weighted by atomic mass is 16.5. The zero-order valence-corrected chi connectivity index (χ0v) is 17.1. The van der Waals surface area contributed by atoms with Gasteiger partial charge in [0.2, 0.25) is 0 Å². The summed E-state index contributed by atoms with van der Waals surface area (Å²) in [6.07, 6.45) is 6.39. The van der Waals surface area contributed by atoms with Gasteiger partial charge in [-0.3, -0.25) is 14.3 Å². The third-order valence-corrected chi connectivity index (χ3v) is 6.78. The molecule has 0 radical (unpaired) electrons. The normalized spacial score (nSPS) is 25.3. The Morgan fingerprint density at radius 1 is 1.38 bits per heavy atom. The summed E-state index contributed by atoms with van der Waals surface area (Å²) in [5.74, 6) is -1.54. The molecule has 2 atom stereocenters. The first-order valence-corrected chi connectivity index (χ1v) is 10.6. The van der Waals surface area contributed by atoms with Crippen molar-refractivity contribution in [1.82, 2.24) is 9.78 Å². The maximum Gasteiger partial charge on any atom is 0.316 e. The number of fused-ring (bicyclic) bond motifs is 1. The van der Waals surface area contributed by atoms with E-state index in [2.05, 4.69) is 29.8 Å². The van der Waals surface area contributed by atoms with Crippen molar-refractivity contribution in [3.8, 4) is 6.07 Å². The Balaban J connectivity index is 1.80. The topological polar surface area (TPSA) is 85.0 Å². The molecule has 2 saturated carbocycles. The van der Waals surface area contributed by atoms with E-state index >= 15 is 0 Å². The first kappa shape index (κ1) is 19.6. The van der Waals surface area contributed by atoms with Gasteiger partial charge in [0.15, 0.2) is 0 Å². The molecular formula is C23H27N3O3. The van der Waals surface area contributed by atoms with Crippen LogP contribution in [0.15, 0.2) is 18.2 Å². The van der Waals surface area contributed by atoms with Crippen molar-refractivity contribution in [3.05, 3.63) is 29.5 Å². The molecule has 2 aromatic rings. The van der Waals surface area contributed by atoms with Crippen LogP contribution in [-0.4, -0.2) is 28.6 Å². The summed E-state index contributed by atoms with van der Waals surface area (Å²) in [6.45, 7) is 2.11. The molecule has 0 amide bonds. The fourth-order valence-electron chi connectivity index (χ4n) is 5.05. The van der Waals surface area contributed by atoms with E-state index in [9.17, 15) is 14.9 Å². The van der Waals surface area contributed by atoms with Gasteiger partial charge in [-0.2, -0.15) is 10.4 Å². The SMILES string of the molecule is CCc1nn(C2CCCC2)c2cc(C3(C#N)CCC(=O)C(C(=O)OC)C3)ccc12. The van der Waals surface area contributed by atoms with Crippen molar-refractivity contribution in [3.63, 3.8) is 0 Å². The second-order valence-electron chi connectivity index (χ2n) is 8.36. The fraction of sp³-hybridized carbons (Fsp3) is 0.565. The third kappa shape index (κ3) is 3.23. The Hall–Kier alpha value is -2.68. The van der Waals surface area contributed by atoms with Crippen molar-refractivity contribution < 1.29 is 14.3 Å². The molecule has 2 fully saturated rings. The van der Waals surface area contributed by atoms with Gasteiger partial charge in [-0.25, -0.2) is 0 Å². The van der Waals surface area contributed by atoms with Crippen LogP contribution >= 0.6 is 0 Å². The van der Waals surface area contributed by atoms with Crippen LogP contribution < -0.4 is 0 Å². The molecule has 2 aliphatic carbocycles. The lowest BCUT2D eigenvalue weighted by Crippen LogP contribution is -2.40. The van der Waals surface area contributed by atoms with E-state index in [1.54, 1.807) is 0 Å². The van der Waals surface area contributed by atoms with E-state index in [1.165, 1.54) is 20.0 Å². The molecule has 1 aromatic carbocycles. The lowest BCUT2D eigenvalue weighted by Gasteiger charge is -2.34. The number of aromatic nitrogens is 2. The molecule has 2 unspecified atom stereocenters. The zero-order chi connectivity index (χ0) is 20.6. The monoisotopic (exact) mass is 393 g/mol. The Bertz CT molecular complexity index is 989. The summed E-state index contributed by atoms with van der Waals surface area (Å²) in [5, 5.41) is 16.2. The van der Waals surface area contributed by atoms with Gasteiger partial charge in [0.1, 0.15) is 11.7 Å². The predicted molar refractivity (Wildman–Crippen MR) is 108 cm³/mol. The van der Waals surface area contributed by atoms with Gasteiger partial charge >= 0.3 is 5.97 Å². The lowest BCUT2D eigenvalue weighted by atomic mass is 9.66. The quantitative estimate of drug-likeness (QED) is 0.579. The van der Waals surface area contributed by atoms with E-state index in [1.807, 2.05) is 6.07 Å². The molecule has 1 aromatic heterocycles. The molecule has 2 aliphatic rings. The summed E-state index contributed by atoms with van der Waals surface area (Å²) in [4.78, 5) is 24.4. The number of nitriles is 1. The van der Waals surface area contributed by atoms with Crippen molar-refractivity contribution in [2.24, 2.45) is 5.92 Å². The molecule has 29 heavy (non-hydrogen) atoms. The van der Waals surface area contributed by atoms with Gasteiger partial charge in [-0.15, -0.1) is 0 Å². The van der Waals surface area contributed by atoms with E-state index in [-0.39, 0.29) is 18.6 Å². The van der Waals surface area contributed by atoms with E-state index < -0.39 is 17.3 Å². The van der Waals surface area contributed by atoms with E-state index in [0.717, 1.165) is 41.4 Å². The summed E-state index contributed by atoms with van der Waals surface area (Å²) in [5.41, 5.74) is 2.15. The van der Waals surface area contributed by atoms with Crippen LogP contribution in [0.4, 0.5) is 0 Å². The van der Waals surface area contributed by atoms with Crippen LogP contribution in [0.2, 0.25) is 0 Å². The number of esters is 1. The van der Waals surface area contributed by atoms with Gasteiger partial charge < -0.3 is 4.74 Å². The van der Waals surface area contributed by atoms with Gasteiger partial charge in [0.05, 0.1) is 35.8 Å². The Kier molecular flexibility index (Phi) is 5.16. The maximum atomic E-state index is 12.3. The molecule has 6 nitrogen and oxygen atoms in total. The smallest absolute Gasteiger partial charge is 0.316 e. The molecule has 152 valence electrons. The van der Waals surface area contributed by atoms with Crippen molar-refractivity contribution >= 4 is 22.7 Å². The average Bonchev–Trinajstić information content (AvgIpc) is 3.41. The highest BCUT2D eigenvalue weighted by Crippen LogP contribution is 2.42. The van der Waals surface area contributed by atoms with Crippen LogP contribution in [0.3, 0.4) is 0 Å². The van der Waals surface area contributed by atoms with Gasteiger partial charge in [-0.1, -0.05) is 31.9 Å². The number of carbonyl (C=O) groups is 2. The van der Waals surface area contributed by atoms with Crippen LogP contribution in [0.1, 0.15) is 69.2 Å². The zero-order valence-electron chi connectivity index (χ0n) is 17.1. The molecule has 0 saturated heterocycles. The number of ether oxygens (including phenoxy) is 1. The van der Waals surface area contributed by atoms with Crippen molar-refractivity contribution in [2.75, 3.05) is 7.11 Å². The van der Waals surface area contributed by atoms with Gasteiger partial charge in [0.25, 0.3) is 0 Å². The number of Topliss-reactive ketones (excluding diaryl/α,β-unsaturated/α-hetero) is 1. The molecule has 1 heterocycles. The van der Waals surface area contributed by atoms with E-state index in [4.69, 9.17) is 9.84 Å². The molecule has 0 spiro atoms. The predicted octanol–water partition coefficient (Wildman–Crippen LogP) is 4.02. The fourth-order valence-corrected chi connectivity index (χ4v) is 5.05. The van der Waals surface area contributed by atoms with Crippen LogP contribution in [0.25, 0.3) is 10.9 Å². The Morgan fingerprint density at radius 3 is 2.79 bits per heavy atom. The minimum atomic E-state index is -0.866. The largest absolute Gasteiger partial charge is 0.468 e. The molecule has 0 aliphatic heterocycles. The number of methoxy groups -OCH3 is 1. The minimum Gasteiger partial charge on any atom is -0.468 e. The number of aryl methyl sites for hydroxylation is 1. The lowest BCUT2D eigenvalue weighted by molar-refractivity contribution is -0.151. The standard InChI is InChI=1S/C23H27N3O3/c1-3-19-17-9-8-15(12-20(17)26(25-19)16-6-4-5-7-16)23(14-24)11-10-21(27)18(13-23)22(28)29-2/h8-9,12,16,18H,3-7,10-11,13H2,1-2H3. The molecule has 4 rings (SSSR count). The number of ketones is 1. The van der Waals surface area contributed by atoms with Crippen molar-refractivity contribution in [2.45, 2.75) is 69.7 Å². The number of benzene rings is 1. The highest BCUT2D eigenvalue weighted by molar-refractivity contribution is 6.00. The van der Waals surface area contributed by atoms with Crippen LogP contribution in [0.5, 0.6) is 0 Å². The highest BCUT2D eigenvalue weighted by Gasteiger charge is 2.45. The minimum absolute atomic E-state index is 0.131. The molecule has 0 bridgehead atoms. The van der Waals surface area contributed by atoms with Crippen molar-refractivity contribution in [1.29, 1.82) is 5.26 Å². The number of carbonyl (C=O) groups excluding carboxylic acids is 2. The number of hydrogen-bond acceptors (Lipinski definition) is 5. The van der Waals surface area contributed by atoms with Crippen LogP contribution in [-0.2, 0) is 26.2 Å². The molecule has 6 heteroatoms. The third-order valence-electron chi connectivity index (χ3n) is 6.78. The second-order valence-corrected chi connectivity index (χ2v) is 8.36. The number of rotatable bonds is 4. The first-order valence-electron chi connectivity index (χ1n) is 10.6. The molecular weight excluding hydrogens is 366 g/mol. The number of hydrogen-bond donors (Lipinski definition) is 0. The Labute approximate surface area is 170 Å². The Morgan fingerprint density at radius 2 is 2.14 bits per heavy atom. The van der Waals surface area contributed by atoms with Gasteiger partial charge in [-0.05, 0) is 43.7 Å². The summed E-state index contributed by atoms with van der Waals surface area (Å²) in [7, 11) is 1.29. The summed E-state index contributed by atoms with van der Waals surface area (Å²) < 4.78 is 6.98. The maximum absolute atomic E-state index is 12.3. The number of nitrogens with zero attached hydrogens (tertiary/aromatic N) is 3. The summed E-state index contributed by atoms with van der Waals surface area (Å²) >= 11 is 0.